The largest absolute Gasteiger partial charge is 0.497 e. The molecule has 0 unspecified atom stereocenters. The van der Waals surface area contributed by atoms with Crippen LogP contribution in [-0.4, -0.2) is 31.8 Å². The van der Waals surface area contributed by atoms with E-state index >= 15 is 0 Å². The zero-order valence-electron chi connectivity index (χ0n) is 13.2. The Kier molecular flexibility index (Phi) is 5.01. The minimum Gasteiger partial charge on any atom is -0.497 e. The van der Waals surface area contributed by atoms with Crippen LogP contribution in [0, 0.1) is 6.92 Å². The fourth-order valence-electron chi connectivity index (χ4n) is 1.91. The maximum Gasteiger partial charge on any atom is 0.437 e. The molecule has 1 amide bonds. The second-order valence-electron chi connectivity index (χ2n) is 4.88. The molecule has 2 rings (SSSR count). The zero-order chi connectivity index (χ0) is 17.9. The minimum absolute atomic E-state index is 0.306. The average molecular weight is 344 g/mol. The highest BCUT2D eigenvalue weighted by atomic mass is 19.4. The van der Waals surface area contributed by atoms with Crippen LogP contribution in [0.4, 0.5) is 18.9 Å². The highest BCUT2D eigenvalue weighted by molar-refractivity contribution is 5.94. The van der Waals surface area contributed by atoms with Crippen LogP contribution in [-0.2, 0) is 11.0 Å². The molecule has 0 bridgehead atoms. The van der Waals surface area contributed by atoms with E-state index in [1.807, 2.05) is 0 Å². The van der Waals surface area contributed by atoms with Crippen LogP contribution < -0.4 is 14.4 Å². The first-order chi connectivity index (χ1) is 11.2. The fourth-order valence-corrected chi connectivity index (χ4v) is 1.91. The Hall–Kier alpha value is -2.71. The Morgan fingerprint density at radius 2 is 2.08 bits per heavy atom. The molecule has 0 atom stereocenters. The number of likely N-dealkylation sites (N-methyl/N-ethyl adjacent to an activating group) is 1. The summed E-state index contributed by atoms with van der Waals surface area (Å²) in [6, 6.07) is 6.74. The Balaban J connectivity index is 2.04. The number of aromatic nitrogens is 1. The normalized spacial score (nSPS) is 11.2. The average Bonchev–Trinajstić information content (AvgIpc) is 2.92. The third kappa shape index (κ3) is 3.79. The number of carbonyl (C=O) groups is 1. The van der Waals surface area contributed by atoms with Gasteiger partial charge >= 0.3 is 12.1 Å². The molecule has 0 radical (unpaired) electrons. The van der Waals surface area contributed by atoms with E-state index in [-0.39, 0.29) is 5.56 Å². The summed E-state index contributed by atoms with van der Waals surface area (Å²) in [4.78, 5) is 13.4. The SMILES string of the molecule is COc1cccc(N(C)C(=O)COc2onc(C(F)(F)F)c2C)c1. The van der Waals surface area contributed by atoms with E-state index in [4.69, 9.17) is 9.47 Å². The molecule has 24 heavy (non-hydrogen) atoms. The molecule has 0 aliphatic carbocycles. The van der Waals surface area contributed by atoms with Gasteiger partial charge in [-0.05, 0) is 19.1 Å². The highest BCUT2D eigenvalue weighted by Gasteiger charge is 2.38. The number of anilines is 1. The number of halogens is 3. The van der Waals surface area contributed by atoms with E-state index in [1.54, 1.807) is 24.3 Å². The van der Waals surface area contributed by atoms with E-state index in [0.29, 0.717) is 11.4 Å². The molecule has 130 valence electrons. The Morgan fingerprint density at radius 1 is 1.38 bits per heavy atom. The van der Waals surface area contributed by atoms with E-state index in [2.05, 4.69) is 9.68 Å². The van der Waals surface area contributed by atoms with Gasteiger partial charge in [0, 0.05) is 18.8 Å². The Morgan fingerprint density at radius 3 is 2.67 bits per heavy atom. The van der Waals surface area contributed by atoms with Crippen molar-refractivity contribution in [2.45, 2.75) is 13.1 Å². The Bertz CT molecular complexity index is 728. The summed E-state index contributed by atoms with van der Waals surface area (Å²) in [7, 11) is 3.00. The molecule has 0 aliphatic heterocycles. The second kappa shape index (κ2) is 6.81. The standard InChI is InChI=1S/C15H15F3N2O4/c1-9-13(15(16,17)18)19-24-14(9)23-8-12(21)20(2)10-5-4-6-11(7-10)22-3/h4-7H,8H2,1-3H3. The summed E-state index contributed by atoms with van der Waals surface area (Å²) in [5.74, 6) is -0.351. The third-order valence-electron chi connectivity index (χ3n) is 3.29. The molecule has 0 saturated carbocycles. The smallest absolute Gasteiger partial charge is 0.437 e. The summed E-state index contributed by atoms with van der Waals surface area (Å²) in [5, 5.41) is 2.92. The van der Waals surface area contributed by atoms with Crippen LogP contribution in [0.2, 0.25) is 0 Å². The van der Waals surface area contributed by atoms with Gasteiger partial charge in [-0.25, -0.2) is 0 Å². The lowest BCUT2D eigenvalue weighted by Crippen LogP contribution is -2.31. The molecule has 0 saturated heterocycles. The van der Waals surface area contributed by atoms with Gasteiger partial charge < -0.3 is 18.9 Å². The molecule has 0 spiro atoms. The van der Waals surface area contributed by atoms with Crippen molar-refractivity contribution in [2.75, 3.05) is 25.7 Å². The van der Waals surface area contributed by atoms with Gasteiger partial charge in [-0.2, -0.15) is 13.2 Å². The molecule has 1 aromatic heterocycles. The monoisotopic (exact) mass is 344 g/mol. The quantitative estimate of drug-likeness (QED) is 0.834. The van der Waals surface area contributed by atoms with Crippen molar-refractivity contribution in [3.8, 4) is 11.7 Å². The highest BCUT2D eigenvalue weighted by Crippen LogP contribution is 2.34. The van der Waals surface area contributed by atoms with Gasteiger partial charge in [0.15, 0.2) is 12.3 Å². The first-order valence-corrected chi connectivity index (χ1v) is 6.81. The van der Waals surface area contributed by atoms with Crippen LogP contribution in [0.5, 0.6) is 11.7 Å². The van der Waals surface area contributed by atoms with Crippen molar-refractivity contribution >= 4 is 11.6 Å². The summed E-state index contributed by atoms with van der Waals surface area (Å²) in [6.45, 7) is 0.659. The van der Waals surface area contributed by atoms with Gasteiger partial charge in [-0.15, -0.1) is 0 Å². The molecule has 1 aromatic carbocycles. The van der Waals surface area contributed by atoms with Crippen LogP contribution in [0.1, 0.15) is 11.3 Å². The second-order valence-corrected chi connectivity index (χ2v) is 4.88. The Labute approximate surface area is 135 Å². The lowest BCUT2D eigenvalue weighted by molar-refractivity contribution is -0.143. The number of hydrogen-bond acceptors (Lipinski definition) is 5. The van der Waals surface area contributed by atoms with Gasteiger partial charge in [0.25, 0.3) is 5.91 Å². The third-order valence-corrected chi connectivity index (χ3v) is 3.29. The predicted molar refractivity (Wildman–Crippen MR) is 78.1 cm³/mol. The van der Waals surface area contributed by atoms with Crippen LogP contribution in [0.25, 0.3) is 0 Å². The molecule has 9 heteroatoms. The van der Waals surface area contributed by atoms with Gasteiger partial charge in [0.2, 0.25) is 0 Å². The number of carbonyl (C=O) groups excluding carboxylic acids is 1. The van der Waals surface area contributed by atoms with Crippen molar-refractivity contribution in [3.63, 3.8) is 0 Å². The van der Waals surface area contributed by atoms with Crippen molar-refractivity contribution in [3.05, 3.63) is 35.5 Å². The van der Waals surface area contributed by atoms with Crippen molar-refractivity contribution in [1.82, 2.24) is 5.16 Å². The van der Waals surface area contributed by atoms with Crippen molar-refractivity contribution in [2.24, 2.45) is 0 Å². The maximum absolute atomic E-state index is 12.6. The molecule has 0 fully saturated rings. The van der Waals surface area contributed by atoms with E-state index < -0.39 is 30.3 Å². The number of benzene rings is 1. The number of ether oxygens (including phenoxy) is 2. The van der Waals surface area contributed by atoms with E-state index in [0.717, 1.165) is 6.92 Å². The summed E-state index contributed by atoms with van der Waals surface area (Å²) >= 11 is 0. The van der Waals surface area contributed by atoms with Gasteiger partial charge in [0.1, 0.15) is 5.75 Å². The number of nitrogens with zero attached hydrogens (tertiary/aromatic N) is 2. The van der Waals surface area contributed by atoms with Crippen LogP contribution in [0.15, 0.2) is 28.8 Å². The fraction of sp³-hybridized carbons (Fsp3) is 0.333. The maximum atomic E-state index is 12.6. The molecule has 6 nitrogen and oxygen atoms in total. The topological polar surface area (TPSA) is 64.8 Å². The molecule has 2 aromatic rings. The zero-order valence-corrected chi connectivity index (χ0v) is 13.2. The van der Waals surface area contributed by atoms with Gasteiger partial charge in [0.05, 0.1) is 12.7 Å². The van der Waals surface area contributed by atoms with Crippen LogP contribution >= 0.6 is 0 Å². The van der Waals surface area contributed by atoms with Gasteiger partial charge in [-0.1, -0.05) is 11.2 Å². The molecule has 0 N–H and O–H groups in total. The summed E-state index contributed by atoms with van der Waals surface area (Å²) in [6.07, 6.45) is -4.64. The first kappa shape index (κ1) is 17.6. The van der Waals surface area contributed by atoms with Crippen molar-refractivity contribution in [1.29, 1.82) is 0 Å². The molecule has 1 heterocycles. The molecular weight excluding hydrogens is 329 g/mol. The van der Waals surface area contributed by atoms with Crippen molar-refractivity contribution < 1.29 is 32.0 Å². The number of methoxy groups -OCH3 is 1. The lowest BCUT2D eigenvalue weighted by Gasteiger charge is -2.17. The predicted octanol–water partition coefficient (Wildman–Crippen LogP) is 3.05. The molecular formula is C15H15F3N2O4. The number of alkyl halides is 3. The van der Waals surface area contributed by atoms with Crippen LogP contribution in [0.3, 0.4) is 0 Å². The summed E-state index contributed by atoms with van der Waals surface area (Å²) in [5.41, 5.74) is -0.932. The molecule has 0 aliphatic rings. The lowest BCUT2D eigenvalue weighted by atomic mass is 10.2. The van der Waals surface area contributed by atoms with E-state index in [9.17, 15) is 18.0 Å². The summed E-state index contributed by atoms with van der Waals surface area (Å²) < 4.78 is 52.4. The first-order valence-electron chi connectivity index (χ1n) is 6.81. The minimum atomic E-state index is -4.64. The number of amides is 1. The number of hydrogen-bond donors (Lipinski definition) is 0. The number of rotatable bonds is 5. The van der Waals surface area contributed by atoms with Gasteiger partial charge in [-0.3, -0.25) is 4.79 Å². The van der Waals surface area contributed by atoms with E-state index in [1.165, 1.54) is 19.1 Å².